The summed E-state index contributed by atoms with van der Waals surface area (Å²) in [5.41, 5.74) is 2.69. The summed E-state index contributed by atoms with van der Waals surface area (Å²) in [4.78, 5) is 0. The molecule has 0 aromatic carbocycles. The number of allylic oxidation sites excluding steroid dienone is 1. The molecule has 1 heterocycles. The van der Waals surface area contributed by atoms with Crippen molar-refractivity contribution < 1.29 is 4.52 Å². The van der Waals surface area contributed by atoms with Crippen LogP contribution in [0.2, 0.25) is 0 Å². The Morgan fingerprint density at radius 1 is 1.55 bits per heavy atom. The normalized spacial score (nSPS) is 32.3. The van der Waals surface area contributed by atoms with Gasteiger partial charge >= 0.3 is 0 Å². The van der Waals surface area contributed by atoms with Crippen LogP contribution < -0.4 is 0 Å². The molecule has 1 aromatic heterocycles. The summed E-state index contributed by atoms with van der Waals surface area (Å²) in [6, 6.07) is 0. The van der Waals surface area contributed by atoms with Gasteiger partial charge in [-0.1, -0.05) is 16.8 Å². The van der Waals surface area contributed by atoms with Crippen LogP contribution in [0.15, 0.2) is 16.3 Å². The molecule has 0 bridgehead atoms. The van der Waals surface area contributed by atoms with Gasteiger partial charge < -0.3 is 4.52 Å². The highest BCUT2D eigenvalue weighted by Crippen LogP contribution is 2.55. The van der Waals surface area contributed by atoms with E-state index in [1.165, 1.54) is 17.6 Å². The molecule has 0 amide bonds. The van der Waals surface area contributed by atoms with Gasteiger partial charge in [-0.15, -0.1) is 0 Å². The molecule has 2 nitrogen and oxygen atoms in total. The minimum Gasteiger partial charge on any atom is -0.360 e. The van der Waals surface area contributed by atoms with Crippen LogP contribution in [0.5, 0.6) is 0 Å². The highest BCUT2D eigenvalue weighted by Gasteiger charge is 2.45. The lowest BCUT2D eigenvalue weighted by Crippen LogP contribution is -1.91. The molecule has 2 heteroatoms. The fourth-order valence-corrected chi connectivity index (χ4v) is 1.99. The van der Waals surface area contributed by atoms with Gasteiger partial charge in [0.1, 0.15) is 5.76 Å². The van der Waals surface area contributed by atoms with E-state index < -0.39 is 0 Å². The lowest BCUT2D eigenvalue weighted by atomic mass is 10.0. The zero-order valence-corrected chi connectivity index (χ0v) is 6.37. The molecule has 0 spiro atoms. The Bertz CT molecular complexity index is 337. The molecule has 1 aromatic rings. The maximum Gasteiger partial charge on any atom is 0.147 e. The van der Waals surface area contributed by atoms with Crippen molar-refractivity contribution in [3.63, 3.8) is 0 Å². The molecule has 2 aliphatic carbocycles. The summed E-state index contributed by atoms with van der Waals surface area (Å²) in [7, 11) is 0. The molecule has 2 atom stereocenters. The highest BCUT2D eigenvalue weighted by atomic mass is 16.5. The number of hydrogen-bond donors (Lipinski definition) is 0. The van der Waals surface area contributed by atoms with Gasteiger partial charge in [0.2, 0.25) is 0 Å². The first kappa shape index (κ1) is 5.58. The van der Waals surface area contributed by atoms with E-state index in [4.69, 9.17) is 4.52 Å². The fourth-order valence-electron chi connectivity index (χ4n) is 1.99. The molecule has 1 fully saturated rings. The highest BCUT2D eigenvalue weighted by molar-refractivity contribution is 5.60. The second kappa shape index (κ2) is 1.58. The first-order chi connectivity index (χ1) is 5.36. The van der Waals surface area contributed by atoms with E-state index in [0.717, 1.165) is 11.7 Å². The van der Waals surface area contributed by atoms with Gasteiger partial charge in [0.15, 0.2) is 0 Å². The molecule has 0 radical (unpaired) electrons. The van der Waals surface area contributed by atoms with E-state index in [1.54, 1.807) is 0 Å². The van der Waals surface area contributed by atoms with Crippen molar-refractivity contribution in [1.82, 2.24) is 5.16 Å². The molecule has 56 valence electrons. The number of fused-ring (bicyclic) bond motifs is 3. The van der Waals surface area contributed by atoms with E-state index in [2.05, 4.69) is 18.2 Å². The predicted octanol–water partition coefficient (Wildman–Crippen LogP) is 2.20. The Morgan fingerprint density at radius 2 is 2.45 bits per heavy atom. The van der Waals surface area contributed by atoms with Crippen LogP contribution >= 0.6 is 0 Å². The van der Waals surface area contributed by atoms with E-state index in [9.17, 15) is 0 Å². The summed E-state index contributed by atoms with van der Waals surface area (Å²) in [6.45, 7) is 2.20. The second-order valence-electron chi connectivity index (χ2n) is 3.48. The quantitative estimate of drug-likeness (QED) is 0.562. The van der Waals surface area contributed by atoms with Crippen LogP contribution in [0.3, 0.4) is 0 Å². The molecule has 2 aliphatic rings. The minimum atomic E-state index is 0.664. The maximum atomic E-state index is 5.16. The lowest BCUT2D eigenvalue weighted by Gasteiger charge is -2.04. The topological polar surface area (TPSA) is 26.0 Å². The third-order valence-electron chi connectivity index (χ3n) is 2.72. The Kier molecular flexibility index (Phi) is 0.799. The summed E-state index contributed by atoms with van der Waals surface area (Å²) < 4.78 is 5.16. The molecular weight excluding hydrogens is 138 g/mol. The molecule has 0 N–H and O–H groups in total. The summed E-state index contributed by atoms with van der Waals surface area (Å²) >= 11 is 0. The lowest BCUT2D eigenvalue weighted by molar-refractivity contribution is 0.381. The number of aromatic nitrogens is 1. The Morgan fingerprint density at radius 3 is 3.36 bits per heavy atom. The largest absolute Gasteiger partial charge is 0.360 e. The van der Waals surface area contributed by atoms with Crippen molar-refractivity contribution >= 4 is 6.08 Å². The predicted molar refractivity (Wildman–Crippen MR) is 41.0 cm³/mol. The standard InChI is InChI=1S/C9H9NO/c1-5-2-6-4-10-11-9(6)8-3-7(5)8/h2,4,7-8H,3H2,1H3. The molecule has 1 saturated carbocycles. The van der Waals surface area contributed by atoms with E-state index >= 15 is 0 Å². The summed E-state index contributed by atoms with van der Waals surface area (Å²) in [5.74, 6) is 2.55. The SMILES string of the molecule is CC1=Cc2cnoc2C2CC12. The average Bonchev–Trinajstić information content (AvgIpc) is 2.67. The van der Waals surface area contributed by atoms with Gasteiger partial charge in [0, 0.05) is 11.5 Å². The van der Waals surface area contributed by atoms with Crippen LogP contribution in [0.4, 0.5) is 0 Å². The van der Waals surface area contributed by atoms with Gasteiger partial charge in [-0.2, -0.15) is 0 Å². The zero-order chi connectivity index (χ0) is 7.42. The molecule has 0 aliphatic heterocycles. The number of rotatable bonds is 0. The second-order valence-corrected chi connectivity index (χ2v) is 3.48. The Hall–Kier alpha value is -1.05. The van der Waals surface area contributed by atoms with Crippen molar-refractivity contribution in [3.05, 3.63) is 23.1 Å². The Labute approximate surface area is 64.9 Å². The smallest absolute Gasteiger partial charge is 0.147 e. The van der Waals surface area contributed by atoms with Crippen molar-refractivity contribution in [3.8, 4) is 0 Å². The van der Waals surface area contributed by atoms with Crippen molar-refractivity contribution in [2.75, 3.05) is 0 Å². The van der Waals surface area contributed by atoms with Crippen LogP contribution in [0.25, 0.3) is 6.08 Å². The molecule has 3 rings (SSSR count). The summed E-state index contributed by atoms with van der Waals surface area (Å²) in [6.07, 6.45) is 5.28. The van der Waals surface area contributed by atoms with Crippen LogP contribution in [-0.4, -0.2) is 5.16 Å². The zero-order valence-electron chi connectivity index (χ0n) is 6.37. The van der Waals surface area contributed by atoms with Gasteiger partial charge in [0.05, 0.1) is 6.20 Å². The maximum absolute atomic E-state index is 5.16. The summed E-state index contributed by atoms with van der Waals surface area (Å²) in [5, 5.41) is 3.80. The van der Waals surface area contributed by atoms with E-state index in [1.807, 2.05) is 6.20 Å². The number of nitrogens with zero attached hydrogens (tertiary/aromatic N) is 1. The first-order valence-corrected chi connectivity index (χ1v) is 3.99. The third kappa shape index (κ3) is 0.595. The van der Waals surface area contributed by atoms with Crippen LogP contribution in [-0.2, 0) is 0 Å². The molecular formula is C9H9NO. The van der Waals surface area contributed by atoms with E-state index in [0.29, 0.717) is 5.92 Å². The molecule has 0 saturated heterocycles. The monoisotopic (exact) mass is 147 g/mol. The first-order valence-electron chi connectivity index (χ1n) is 3.99. The van der Waals surface area contributed by atoms with Crippen LogP contribution in [0, 0.1) is 5.92 Å². The average molecular weight is 147 g/mol. The Balaban J connectivity index is 2.24. The number of hydrogen-bond acceptors (Lipinski definition) is 2. The van der Waals surface area contributed by atoms with Crippen molar-refractivity contribution in [2.45, 2.75) is 19.3 Å². The molecule has 2 unspecified atom stereocenters. The van der Waals surface area contributed by atoms with E-state index in [-0.39, 0.29) is 0 Å². The van der Waals surface area contributed by atoms with Gasteiger partial charge in [-0.3, -0.25) is 0 Å². The van der Waals surface area contributed by atoms with Crippen molar-refractivity contribution in [1.29, 1.82) is 0 Å². The van der Waals surface area contributed by atoms with Gasteiger partial charge in [0.25, 0.3) is 0 Å². The fraction of sp³-hybridized carbons (Fsp3) is 0.444. The molecule has 11 heavy (non-hydrogen) atoms. The minimum absolute atomic E-state index is 0.664. The third-order valence-corrected chi connectivity index (χ3v) is 2.72. The van der Waals surface area contributed by atoms with Crippen LogP contribution in [0.1, 0.15) is 30.6 Å². The van der Waals surface area contributed by atoms with Gasteiger partial charge in [-0.05, 0) is 19.3 Å². The van der Waals surface area contributed by atoms with Crippen molar-refractivity contribution in [2.24, 2.45) is 5.92 Å². The van der Waals surface area contributed by atoms with Gasteiger partial charge in [-0.25, -0.2) is 0 Å².